The number of rotatable bonds is 5. The van der Waals surface area contributed by atoms with Gasteiger partial charge in [-0.25, -0.2) is 0 Å². The van der Waals surface area contributed by atoms with Gasteiger partial charge in [-0.05, 0) is 78.4 Å². The van der Waals surface area contributed by atoms with Crippen LogP contribution in [0, 0.1) is 0 Å². The van der Waals surface area contributed by atoms with E-state index in [2.05, 4.69) is 0 Å². The summed E-state index contributed by atoms with van der Waals surface area (Å²) in [4.78, 5) is 39.6. The van der Waals surface area contributed by atoms with Crippen LogP contribution in [0.4, 0.5) is 5.69 Å². The summed E-state index contributed by atoms with van der Waals surface area (Å²) in [6.07, 6.45) is 2.50. The first-order chi connectivity index (χ1) is 17.9. The van der Waals surface area contributed by atoms with E-state index >= 15 is 0 Å². The summed E-state index contributed by atoms with van der Waals surface area (Å²) in [5.41, 5.74) is 3.64. The summed E-state index contributed by atoms with van der Waals surface area (Å²) in [6.45, 7) is 3.99. The summed E-state index contributed by atoms with van der Waals surface area (Å²) < 4.78 is 10.8. The molecule has 0 aliphatic carbocycles. The normalized spacial score (nSPS) is 18.3. The Hall–Kier alpha value is -4.39. The largest absolute Gasteiger partial charge is 0.507 e. The molecule has 0 saturated carbocycles. The molecular weight excluding hydrogens is 470 g/mol. The molecule has 0 bridgehead atoms. The van der Waals surface area contributed by atoms with E-state index in [1.54, 1.807) is 48.5 Å². The van der Waals surface area contributed by atoms with Gasteiger partial charge in [0.1, 0.15) is 17.3 Å². The number of carbonyl (C=O) groups excluding carboxylic acids is 3. The minimum atomic E-state index is -0.869. The molecule has 1 fully saturated rings. The van der Waals surface area contributed by atoms with Gasteiger partial charge in [-0.2, -0.15) is 0 Å². The third-order valence-corrected chi connectivity index (χ3v) is 6.71. The van der Waals surface area contributed by atoms with E-state index in [9.17, 15) is 19.5 Å². The highest BCUT2D eigenvalue weighted by Gasteiger charge is 2.47. The molecule has 2 heterocycles. The fraction of sp³-hybridized carbons (Fsp3) is 0.233. The number of amides is 1. The molecule has 5 rings (SSSR count). The maximum atomic E-state index is 13.4. The molecule has 1 N–H and O–H groups in total. The lowest BCUT2D eigenvalue weighted by Gasteiger charge is -2.26. The van der Waals surface area contributed by atoms with Gasteiger partial charge in [0.05, 0.1) is 18.2 Å². The van der Waals surface area contributed by atoms with Crippen LogP contribution in [-0.2, 0) is 27.2 Å². The van der Waals surface area contributed by atoms with Crippen molar-refractivity contribution in [3.05, 3.63) is 94.6 Å². The van der Waals surface area contributed by atoms with E-state index < -0.39 is 23.7 Å². The van der Waals surface area contributed by atoms with Crippen LogP contribution in [0.2, 0.25) is 0 Å². The van der Waals surface area contributed by atoms with Gasteiger partial charge in [0.25, 0.3) is 11.7 Å². The van der Waals surface area contributed by atoms with Crippen LogP contribution in [0.5, 0.6) is 11.5 Å². The van der Waals surface area contributed by atoms with Gasteiger partial charge in [0.15, 0.2) is 0 Å². The van der Waals surface area contributed by atoms with Crippen LogP contribution in [0.1, 0.15) is 48.6 Å². The molecule has 1 unspecified atom stereocenters. The molecule has 0 radical (unpaired) electrons. The van der Waals surface area contributed by atoms with E-state index in [4.69, 9.17) is 9.47 Å². The third kappa shape index (κ3) is 4.60. The Labute approximate surface area is 214 Å². The van der Waals surface area contributed by atoms with Gasteiger partial charge in [-0.1, -0.05) is 31.2 Å². The van der Waals surface area contributed by atoms with Gasteiger partial charge < -0.3 is 14.6 Å². The number of aliphatic hydroxyl groups is 1. The average molecular weight is 498 g/mol. The van der Waals surface area contributed by atoms with E-state index in [0.29, 0.717) is 29.2 Å². The standard InChI is InChI=1S/C30H27NO6/c1-3-19-6-11-23(12-7-19)31-27(20-8-13-24(14-9-20)37-18(2)32)26(29(34)30(31)35)28(33)22-10-15-25-21(17-22)5-4-16-36-25/h6-15,17,27,33H,3-5,16H2,1-2H3/b28-26-. The zero-order valence-electron chi connectivity index (χ0n) is 20.7. The quantitative estimate of drug-likeness (QED) is 0.173. The number of ketones is 1. The van der Waals surface area contributed by atoms with E-state index in [0.717, 1.165) is 36.1 Å². The van der Waals surface area contributed by atoms with Crippen LogP contribution in [0.15, 0.2) is 72.3 Å². The number of anilines is 1. The summed E-state index contributed by atoms with van der Waals surface area (Å²) in [5, 5.41) is 11.4. The zero-order chi connectivity index (χ0) is 26.1. The first-order valence-electron chi connectivity index (χ1n) is 12.3. The number of carbonyl (C=O) groups is 3. The molecule has 0 aromatic heterocycles. The monoisotopic (exact) mass is 497 g/mol. The summed E-state index contributed by atoms with van der Waals surface area (Å²) >= 11 is 0. The second-order valence-electron chi connectivity index (χ2n) is 9.13. The zero-order valence-corrected chi connectivity index (χ0v) is 20.7. The van der Waals surface area contributed by atoms with Crippen molar-refractivity contribution < 1.29 is 29.0 Å². The fourth-order valence-electron chi connectivity index (χ4n) is 4.85. The Morgan fingerprint density at radius 3 is 2.46 bits per heavy atom. The van der Waals surface area contributed by atoms with Crippen molar-refractivity contribution in [2.24, 2.45) is 0 Å². The minimum Gasteiger partial charge on any atom is -0.507 e. The number of fused-ring (bicyclic) bond motifs is 1. The SMILES string of the molecule is CCc1ccc(N2C(=O)C(=O)/C(=C(\O)c3ccc4c(c3)CCCO4)C2c2ccc(OC(C)=O)cc2)cc1. The smallest absolute Gasteiger partial charge is 0.308 e. The molecule has 37 heavy (non-hydrogen) atoms. The molecule has 2 aliphatic heterocycles. The average Bonchev–Trinajstić information content (AvgIpc) is 3.18. The van der Waals surface area contributed by atoms with Gasteiger partial charge in [0, 0.05) is 18.2 Å². The molecule has 0 spiro atoms. The van der Waals surface area contributed by atoms with Crippen molar-refractivity contribution in [3.8, 4) is 11.5 Å². The van der Waals surface area contributed by atoms with Crippen molar-refractivity contribution >= 4 is 29.1 Å². The summed E-state index contributed by atoms with van der Waals surface area (Å²) in [7, 11) is 0. The lowest BCUT2D eigenvalue weighted by atomic mass is 9.93. The molecular formula is C30H27NO6. The Bertz CT molecular complexity index is 1400. The number of aliphatic hydroxyl groups excluding tert-OH is 1. The van der Waals surface area contributed by atoms with Gasteiger partial charge in [-0.15, -0.1) is 0 Å². The highest BCUT2D eigenvalue weighted by atomic mass is 16.5. The maximum Gasteiger partial charge on any atom is 0.308 e. The van der Waals surface area contributed by atoms with E-state index in [-0.39, 0.29) is 11.3 Å². The Balaban J connectivity index is 1.64. The predicted octanol–water partition coefficient (Wildman–Crippen LogP) is 5.13. The van der Waals surface area contributed by atoms with Gasteiger partial charge in [0.2, 0.25) is 0 Å². The molecule has 7 heteroatoms. The van der Waals surface area contributed by atoms with Crippen LogP contribution in [0.25, 0.3) is 5.76 Å². The molecule has 188 valence electrons. The van der Waals surface area contributed by atoms with Gasteiger partial charge >= 0.3 is 5.97 Å². The summed E-state index contributed by atoms with van der Waals surface area (Å²) in [6, 6.07) is 18.5. The highest BCUT2D eigenvalue weighted by Crippen LogP contribution is 2.43. The molecule has 7 nitrogen and oxygen atoms in total. The lowest BCUT2D eigenvalue weighted by molar-refractivity contribution is -0.132. The minimum absolute atomic E-state index is 0.00137. The van der Waals surface area contributed by atoms with Crippen LogP contribution < -0.4 is 14.4 Å². The Kier molecular flexibility index (Phi) is 6.53. The second-order valence-corrected chi connectivity index (χ2v) is 9.13. The van der Waals surface area contributed by atoms with Crippen molar-refractivity contribution in [3.63, 3.8) is 0 Å². The van der Waals surface area contributed by atoms with Crippen LogP contribution in [-0.4, -0.2) is 29.4 Å². The Morgan fingerprint density at radius 2 is 1.78 bits per heavy atom. The first kappa shape index (κ1) is 24.3. The number of Topliss-reactive ketones (excluding diaryl/α,β-unsaturated/α-hetero) is 1. The number of hydrogen-bond donors (Lipinski definition) is 1. The number of esters is 1. The molecule has 1 atom stereocenters. The number of hydrogen-bond acceptors (Lipinski definition) is 6. The van der Waals surface area contributed by atoms with Gasteiger partial charge in [-0.3, -0.25) is 19.3 Å². The number of aryl methyl sites for hydroxylation is 2. The number of nitrogens with zero attached hydrogens (tertiary/aromatic N) is 1. The fourth-order valence-corrected chi connectivity index (χ4v) is 4.85. The molecule has 1 amide bonds. The Morgan fingerprint density at radius 1 is 1.05 bits per heavy atom. The molecule has 3 aromatic rings. The lowest BCUT2D eigenvalue weighted by Crippen LogP contribution is -2.29. The second kappa shape index (κ2) is 9.93. The first-order valence-corrected chi connectivity index (χ1v) is 12.3. The molecule has 2 aliphatic rings. The highest BCUT2D eigenvalue weighted by molar-refractivity contribution is 6.51. The topological polar surface area (TPSA) is 93.1 Å². The van der Waals surface area contributed by atoms with E-state index in [1.165, 1.54) is 11.8 Å². The molecule has 3 aromatic carbocycles. The number of ether oxygens (including phenoxy) is 2. The van der Waals surface area contributed by atoms with Crippen LogP contribution in [0.3, 0.4) is 0 Å². The van der Waals surface area contributed by atoms with E-state index in [1.807, 2.05) is 25.1 Å². The predicted molar refractivity (Wildman–Crippen MR) is 139 cm³/mol. The molecule has 1 saturated heterocycles. The third-order valence-electron chi connectivity index (χ3n) is 6.71. The maximum absolute atomic E-state index is 13.4. The van der Waals surface area contributed by atoms with Crippen molar-refractivity contribution in [2.45, 2.75) is 39.2 Å². The van der Waals surface area contributed by atoms with Crippen molar-refractivity contribution in [2.75, 3.05) is 11.5 Å². The number of benzene rings is 3. The van der Waals surface area contributed by atoms with Crippen molar-refractivity contribution in [1.82, 2.24) is 0 Å². The van der Waals surface area contributed by atoms with Crippen LogP contribution >= 0.6 is 0 Å². The summed E-state index contributed by atoms with van der Waals surface area (Å²) in [5.74, 6) is -1.08. The van der Waals surface area contributed by atoms with Crippen molar-refractivity contribution in [1.29, 1.82) is 0 Å².